The molecule has 2 amide bonds. The second-order valence-corrected chi connectivity index (χ2v) is 9.35. The zero-order valence-electron chi connectivity index (χ0n) is 17.8. The molecule has 7 nitrogen and oxygen atoms in total. The van der Waals surface area contributed by atoms with Crippen LogP contribution in [0.15, 0.2) is 40.1 Å². The number of anilines is 1. The smallest absolute Gasteiger partial charge is 0.271 e. The summed E-state index contributed by atoms with van der Waals surface area (Å²) in [6.45, 7) is 4.56. The molecule has 2 aromatic rings. The van der Waals surface area contributed by atoms with E-state index >= 15 is 0 Å². The Balaban J connectivity index is 2.10. The first-order valence-corrected chi connectivity index (χ1v) is 13.1. The van der Waals surface area contributed by atoms with Crippen LogP contribution in [0.4, 0.5) is 5.69 Å². The third-order valence-corrected chi connectivity index (χ3v) is 6.33. The first kappa shape index (κ1) is 25.5. The number of nitrogens with one attached hydrogen (secondary N) is 2. The quantitative estimate of drug-likeness (QED) is 0.307. The van der Waals surface area contributed by atoms with Crippen LogP contribution < -0.4 is 15.4 Å². The maximum Gasteiger partial charge on any atom is 0.271 e. The summed E-state index contributed by atoms with van der Waals surface area (Å²) in [5, 5.41) is 6.23. The molecule has 0 aliphatic rings. The van der Waals surface area contributed by atoms with Gasteiger partial charge in [0.05, 0.1) is 11.1 Å². The Labute approximate surface area is 200 Å². The second-order valence-electron chi connectivity index (χ2n) is 6.45. The second kappa shape index (κ2) is 13.6. The van der Waals surface area contributed by atoms with Crippen LogP contribution in [0, 0.1) is 0 Å². The van der Waals surface area contributed by atoms with Crippen molar-refractivity contribution in [3.05, 3.63) is 40.6 Å². The number of rotatable bonds is 12. The average Bonchev–Trinajstić information content (AvgIpc) is 2.77. The predicted molar refractivity (Wildman–Crippen MR) is 131 cm³/mol. The van der Waals surface area contributed by atoms with Crippen molar-refractivity contribution >= 4 is 57.0 Å². The molecule has 1 heterocycles. The Bertz CT molecular complexity index is 868. The van der Waals surface area contributed by atoms with Crippen molar-refractivity contribution < 1.29 is 14.3 Å². The summed E-state index contributed by atoms with van der Waals surface area (Å²) < 4.78 is 5.91. The Morgan fingerprint density at radius 3 is 2.58 bits per heavy atom. The van der Waals surface area contributed by atoms with Crippen LogP contribution in [0.3, 0.4) is 0 Å². The van der Waals surface area contributed by atoms with E-state index in [1.165, 1.54) is 11.8 Å². The van der Waals surface area contributed by atoms with Gasteiger partial charge in [-0.25, -0.2) is 9.97 Å². The molecular weight excluding hydrogens is 500 g/mol. The first-order valence-electron chi connectivity index (χ1n) is 9.97. The van der Waals surface area contributed by atoms with E-state index in [0.29, 0.717) is 28.3 Å². The van der Waals surface area contributed by atoms with Crippen molar-refractivity contribution in [3.8, 4) is 5.75 Å². The van der Waals surface area contributed by atoms with Crippen LogP contribution in [0.25, 0.3) is 0 Å². The molecule has 0 aliphatic heterocycles. The normalized spacial score (nSPS) is 11.6. The molecule has 1 aromatic carbocycles. The third-order valence-electron chi connectivity index (χ3n) is 4.04. The van der Waals surface area contributed by atoms with Crippen LogP contribution in [-0.2, 0) is 4.79 Å². The highest BCUT2D eigenvalue weighted by Gasteiger charge is 2.23. The van der Waals surface area contributed by atoms with Crippen LogP contribution in [-0.4, -0.2) is 52.2 Å². The molecule has 0 aliphatic carbocycles. The number of thioether (sulfide) groups is 2. The van der Waals surface area contributed by atoms with E-state index in [1.807, 2.05) is 13.2 Å². The van der Waals surface area contributed by atoms with Gasteiger partial charge in [0.2, 0.25) is 5.91 Å². The third kappa shape index (κ3) is 8.34. The predicted octanol–water partition coefficient (Wildman–Crippen LogP) is 4.63. The molecule has 2 rings (SSSR count). The molecule has 0 saturated heterocycles. The Morgan fingerprint density at radius 1 is 1.19 bits per heavy atom. The molecule has 1 atom stereocenters. The van der Waals surface area contributed by atoms with Crippen LogP contribution in [0.2, 0.25) is 0 Å². The summed E-state index contributed by atoms with van der Waals surface area (Å²) >= 11 is 6.44. The number of ether oxygens (including phenoxy) is 1. The lowest BCUT2D eigenvalue weighted by Gasteiger charge is -2.18. The van der Waals surface area contributed by atoms with Crippen molar-refractivity contribution in [1.29, 1.82) is 0 Å². The fourth-order valence-corrected chi connectivity index (χ4v) is 4.05. The molecule has 0 radical (unpaired) electrons. The Hall–Kier alpha value is -1.78. The summed E-state index contributed by atoms with van der Waals surface area (Å²) in [6, 6.07) is 6.44. The lowest BCUT2D eigenvalue weighted by Crippen LogP contribution is -2.44. The lowest BCUT2D eigenvalue weighted by atomic mass is 10.2. The minimum Gasteiger partial charge on any atom is -0.494 e. The van der Waals surface area contributed by atoms with E-state index in [1.54, 1.807) is 42.2 Å². The molecule has 0 saturated carbocycles. The number of halogens is 1. The van der Waals surface area contributed by atoms with Crippen molar-refractivity contribution in [3.63, 3.8) is 0 Å². The zero-order valence-corrected chi connectivity index (χ0v) is 21.0. The minimum absolute atomic E-state index is 0.219. The Kier molecular flexibility index (Phi) is 11.2. The number of aromatic nitrogens is 2. The van der Waals surface area contributed by atoms with Gasteiger partial charge in [-0.2, -0.15) is 11.8 Å². The highest BCUT2D eigenvalue weighted by molar-refractivity contribution is 9.10. The van der Waals surface area contributed by atoms with E-state index in [-0.39, 0.29) is 11.6 Å². The maximum absolute atomic E-state index is 12.9. The summed E-state index contributed by atoms with van der Waals surface area (Å²) in [5.41, 5.74) is 0.856. The SMILES string of the molecule is CCCSc1ncc(Br)c(C(=O)N[C@@H](CCSC)C(=O)Nc2ccc(OCC)cc2)n1. The Morgan fingerprint density at radius 2 is 1.94 bits per heavy atom. The molecule has 10 heteroatoms. The van der Waals surface area contributed by atoms with Gasteiger partial charge in [0.25, 0.3) is 5.91 Å². The molecule has 0 bridgehead atoms. The maximum atomic E-state index is 12.9. The minimum atomic E-state index is -0.694. The number of nitrogens with zero attached hydrogens (tertiary/aromatic N) is 2. The van der Waals surface area contributed by atoms with E-state index in [2.05, 4.69) is 43.5 Å². The summed E-state index contributed by atoms with van der Waals surface area (Å²) in [7, 11) is 0. The largest absolute Gasteiger partial charge is 0.494 e. The van der Waals surface area contributed by atoms with E-state index in [9.17, 15) is 9.59 Å². The number of carbonyl (C=O) groups excluding carboxylic acids is 2. The average molecular weight is 528 g/mol. The number of hydrogen-bond acceptors (Lipinski definition) is 7. The first-order chi connectivity index (χ1) is 15.0. The number of carbonyl (C=O) groups is 2. The molecular formula is C21H27BrN4O3S2. The van der Waals surface area contributed by atoms with E-state index in [0.717, 1.165) is 23.7 Å². The van der Waals surface area contributed by atoms with Crippen molar-refractivity contribution in [2.45, 2.75) is 37.9 Å². The van der Waals surface area contributed by atoms with Gasteiger partial charge in [-0.1, -0.05) is 18.7 Å². The van der Waals surface area contributed by atoms with Gasteiger partial charge < -0.3 is 15.4 Å². The molecule has 1 aromatic heterocycles. The standard InChI is InChI=1S/C21H27BrN4O3S2/c1-4-11-31-21-23-13-16(22)18(26-21)20(28)25-17(10-12-30-3)19(27)24-14-6-8-15(9-7-14)29-5-2/h6-9,13,17H,4-5,10-12H2,1-3H3,(H,24,27)(H,25,28)/t17-/m0/s1. The van der Waals surface area contributed by atoms with Crippen LogP contribution >= 0.6 is 39.5 Å². The fraction of sp³-hybridized carbons (Fsp3) is 0.429. The van der Waals surface area contributed by atoms with Gasteiger partial charge in [-0.3, -0.25) is 9.59 Å². The topological polar surface area (TPSA) is 93.2 Å². The van der Waals surface area contributed by atoms with Gasteiger partial charge in [0, 0.05) is 17.6 Å². The molecule has 31 heavy (non-hydrogen) atoms. The van der Waals surface area contributed by atoms with Gasteiger partial charge in [0.15, 0.2) is 5.16 Å². The van der Waals surface area contributed by atoms with Crippen LogP contribution in [0.5, 0.6) is 5.75 Å². The molecule has 0 spiro atoms. The monoisotopic (exact) mass is 526 g/mol. The number of benzene rings is 1. The van der Waals surface area contributed by atoms with Crippen molar-refractivity contribution in [1.82, 2.24) is 15.3 Å². The zero-order chi connectivity index (χ0) is 22.6. The summed E-state index contributed by atoms with van der Waals surface area (Å²) in [4.78, 5) is 34.4. The van der Waals surface area contributed by atoms with E-state index in [4.69, 9.17) is 4.74 Å². The van der Waals surface area contributed by atoms with Crippen molar-refractivity contribution in [2.75, 3.05) is 29.7 Å². The molecule has 168 valence electrons. The molecule has 0 fully saturated rings. The highest BCUT2D eigenvalue weighted by atomic mass is 79.9. The fourth-order valence-electron chi connectivity index (χ4n) is 2.53. The number of amides is 2. The van der Waals surface area contributed by atoms with E-state index < -0.39 is 11.9 Å². The summed E-state index contributed by atoms with van der Waals surface area (Å²) in [6.07, 6.45) is 5.00. The van der Waals surface area contributed by atoms with Gasteiger partial charge in [0.1, 0.15) is 17.5 Å². The molecule has 0 unspecified atom stereocenters. The van der Waals surface area contributed by atoms with Crippen LogP contribution in [0.1, 0.15) is 37.2 Å². The molecule has 2 N–H and O–H groups in total. The van der Waals surface area contributed by atoms with Gasteiger partial charge in [-0.15, -0.1) is 0 Å². The highest BCUT2D eigenvalue weighted by Crippen LogP contribution is 2.20. The lowest BCUT2D eigenvalue weighted by molar-refractivity contribution is -0.118. The van der Waals surface area contributed by atoms with Crippen molar-refractivity contribution in [2.24, 2.45) is 0 Å². The summed E-state index contributed by atoms with van der Waals surface area (Å²) in [5.74, 6) is 1.63. The number of hydrogen-bond donors (Lipinski definition) is 2. The van der Waals surface area contributed by atoms with Gasteiger partial charge in [-0.05, 0) is 72.0 Å². The van der Waals surface area contributed by atoms with Gasteiger partial charge >= 0.3 is 0 Å².